The number of benzene rings is 1. The van der Waals surface area contributed by atoms with Gasteiger partial charge in [0.25, 0.3) is 0 Å². The first kappa shape index (κ1) is 8.94. The lowest BCUT2D eigenvalue weighted by atomic mass is 10.3. The monoisotopic (exact) mass is 187 g/mol. The molecule has 72 valence electrons. The smallest absolute Gasteiger partial charge is 0.113 e. The van der Waals surface area contributed by atoms with Gasteiger partial charge < -0.3 is 0 Å². The Hall–Kier alpha value is -1.64. The van der Waals surface area contributed by atoms with Gasteiger partial charge in [-0.05, 0) is 26.0 Å². The quantitative estimate of drug-likeness (QED) is 0.676. The Balaban J connectivity index is 2.38. The Kier molecular flexibility index (Phi) is 2.31. The Morgan fingerprint density at radius 2 is 2.14 bits per heavy atom. The van der Waals surface area contributed by atoms with Crippen molar-refractivity contribution in [2.75, 3.05) is 0 Å². The van der Waals surface area contributed by atoms with Crippen molar-refractivity contribution < 1.29 is 0 Å². The average molecular weight is 187 g/mol. The second-order valence-electron chi connectivity index (χ2n) is 3.54. The van der Waals surface area contributed by atoms with Crippen molar-refractivity contribution in [2.24, 2.45) is 0 Å². The number of fused-ring (bicyclic) bond motifs is 1. The summed E-state index contributed by atoms with van der Waals surface area (Å²) < 4.78 is 1.91. The molecule has 0 fully saturated rings. The highest BCUT2D eigenvalue weighted by atomic mass is 15.4. The van der Waals surface area contributed by atoms with Crippen LogP contribution < -0.4 is 0 Å². The van der Waals surface area contributed by atoms with Crippen molar-refractivity contribution in [3.8, 4) is 0 Å². The molecule has 0 N–H and O–H groups in total. The molecular formula is C11H13N3. The van der Waals surface area contributed by atoms with E-state index in [1.54, 1.807) is 0 Å². The first-order chi connectivity index (χ1) is 6.77. The molecule has 0 saturated carbocycles. The van der Waals surface area contributed by atoms with Crippen LogP contribution in [0.15, 0.2) is 35.9 Å². The minimum atomic E-state index is 0.794. The van der Waals surface area contributed by atoms with E-state index in [2.05, 4.69) is 30.2 Å². The number of hydrogen-bond acceptors (Lipinski definition) is 2. The van der Waals surface area contributed by atoms with E-state index in [1.165, 1.54) is 5.57 Å². The summed E-state index contributed by atoms with van der Waals surface area (Å²) >= 11 is 0. The Bertz CT molecular complexity index is 464. The van der Waals surface area contributed by atoms with E-state index in [0.29, 0.717) is 0 Å². The predicted molar refractivity (Wildman–Crippen MR) is 57.0 cm³/mol. The van der Waals surface area contributed by atoms with E-state index < -0.39 is 0 Å². The van der Waals surface area contributed by atoms with Crippen molar-refractivity contribution in [3.05, 3.63) is 35.9 Å². The minimum absolute atomic E-state index is 0.794. The lowest BCUT2D eigenvalue weighted by Crippen LogP contribution is -1.97. The van der Waals surface area contributed by atoms with E-state index in [-0.39, 0.29) is 0 Å². The van der Waals surface area contributed by atoms with E-state index in [0.717, 1.165) is 17.6 Å². The summed E-state index contributed by atoms with van der Waals surface area (Å²) in [7, 11) is 0. The van der Waals surface area contributed by atoms with Gasteiger partial charge in [0.1, 0.15) is 5.52 Å². The third-order valence-corrected chi connectivity index (χ3v) is 2.09. The van der Waals surface area contributed by atoms with Gasteiger partial charge in [0.15, 0.2) is 0 Å². The molecule has 2 rings (SSSR count). The van der Waals surface area contributed by atoms with Crippen LogP contribution in [-0.4, -0.2) is 15.0 Å². The van der Waals surface area contributed by atoms with Crippen molar-refractivity contribution in [1.29, 1.82) is 0 Å². The zero-order valence-electron chi connectivity index (χ0n) is 8.44. The summed E-state index contributed by atoms with van der Waals surface area (Å²) in [4.78, 5) is 0. The summed E-state index contributed by atoms with van der Waals surface area (Å²) in [6.45, 7) is 4.96. The predicted octanol–water partition coefficient (Wildman–Crippen LogP) is 2.40. The third-order valence-electron chi connectivity index (χ3n) is 2.09. The highest BCUT2D eigenvalue weighted by Gasteiger charge is 2.00. The summed E-state index contributed by atoms with van der Waals surface area (Å²) in [5, 5.41) is 8.17. The van der Waals surface area contributed by atoms with Crippen LogP contribution in [0, 0.1) is 0 Å². The van der Waals surface area contributed by atoms with Crippen molar-refractivity contribution in [1.82, 2.24) is 15.0 Å². The highest BCUT2D eigenvalue weighted by Crippen LogP contribution is 2.09. The number of aromatic nitrogens is 3. The van der Waals surface area contributed by atoms with Crippen molar-refractivity contribution in [3.63, 3.8) is 0 Å². The molecule has 3 heteroatoms. The summed E-state index contributed by atoms with van der Waals surface area (Å²) in [6, 6.07) is 7.99. The molecule has 14 heavy (non-hydrogen) atoms. The van der Waals surface area contributed by atoms with Gasteiger partial charge in [-0.1, -0.05) is 29.0 Å². The number of allylic oxidation sites excluding steroid dienone is 2. The molecule has 0 amide bonds. The minimum Gasteiger partial charge on any atom is -0.241 e. The largest absolute Gasteiger partial charge is 0.241 e. The molecule has 0 aliphatic carbocycles. The van der Waals surface area contributed by atoms with Gasteiger partial charge in [-0.15, -0.1) is 5.10 Å². The summed E-state index contributed by atoms with van der Waals surface area (Å²) in [6.07, 6.45) is 2.14. The third kappa shape index (κ3) is 1.66. The number of rotatable bonds is 2. The molecule has 3 nitrogen and oxygen atoms in total. The van der Waals surface area contributed by atoms with Crippen LogP contribution in [0.25, 0.3) is 11.0 Å². The van der Waals surface area contributed by atoms with Gasteiger partial charge in [0, 0.05) is 0 Å². The summed E-state index contributed by atoms with van der Waals surface area (Å²) in [5.41, 5.74) is 3.34. The molecule has 0 spiro atoms. The fourth-order valence-electron chi connectivity index (χ4n) is 1.32. The molecule has 0 aliphatic heterocycles. The first-order valence-corrected chi connectivity index (χ1v) is 4.69. The lowest BCUT2D eigenvalue weighted by Gasteiger charge is -1.97. The maximum absolute atomic E-state index is 4.09. The van der Waals surface area contributed by atoms with E-state index in [1.807, 2.05) is 28.9 Å². The maximum atomic E-state index is 4.09. The standard InChI is InChI=1S/C11H13N3/c1-9(2)7-8-14-11-6-4-3-5-10(11)12-13-14/h3-7H,8H2,1-2H3. The van der Waals surface area contributed by atoms with Crippen LogP contribution in [0.4, 0.5) is 0 Å². The second-order valence-corrected chi connectivity index (χ2v) is 3.54. The van der Waals surface area contributed by atoms with Gasteiger partial charge in [-0.25, -0.2) is 4.68 Å². The SMILES string of the molecule is CC(C)=CCn1nnc2ccccc21. The number of para-hydroxylation sites is 1. The molecule has 0 unspecified atom stereocenters. The van der Waals surface area contributed by atoms with E-state index >= 15 is 0 Å². The molecule has 1 aromatic heterocycles. The zero-order valence-corrected chi connectivity index (χ0v) is 8.44. The van der Waals surface area contributed by atoms with Crippen LogP contribution >= 0.6 is 0 Å². The van der Waals surface area contributed by atoms with Crippen LogP contribution in [0.1, 0.15) is 13.8 Å². The first-order valence-electron chi connectivity index (χ1n) is 4.69. The Morgan fingerprint density at radius 3 is 2.93 bits per heavy atom. The topological polar surface area (TPSA) is 30.7 Å². The van der Waals surface area contributed by atoms with Crippen LogP contribution in [0.3, 0.4) is 0 Å². The second kappa shape index (κ2) is 3.62. The lowest BCUT2D eigenvalue weighted by molar-refractivity contribution is 0.680. The van der Waals surface area contributed by atoms with Gasteiger partial charge in [-0.3, -0.25) is 0 Å². The van der Waals surface area contributed by atoms with Gasteiger partial charge in [0.05, 0.1) is 12.1 Å². The highest BCUT2D eigenvalue weighted by molar-refractivity contribution is 5.73. The van der Waals surface area contributed by atoms with E-state index in [4.69, 9.17) is 0 Å². The van der Waals surface area contributed by atoms with Crippen LogP contribution in [0.5, 0.6) is 0 Å². The normalized spacial score (nSPS) is 10.4. The molecule has 2 aromatic rings. The average Bonchev–Trinajstić information content (AvgIpc) is 2.58. The van der Waals surface area contributed by atoms with E-state index in [9.17, 15) is 0 Å². The molecule has 0 radical (unpaired) electrons. The van der Waals surface area contributed by atoms with Gasteiger partial charge in [0.2, 0.25) is 0 Å². The Morgan fingerprint density at radius 1 is 1.36 bits per heavy atom. The van der Waals surface area contributed by atoms with Gasteiger partial charge in [-0.2, -0.15) is 0 Å². The summed E-state index contributed by atoms with van der Waals surface area (Å²) in [5.74, 6) is 0. The molecular weight excluding hydrogens is 174 g/mol. The molecule has 0 aliphatic rings. The molecule has 0 bridgehead atoms. The van der Waals surface area contributed by atoms with Crippen LogP contribution in [0.2, 0.25) is 0 Å². The Labute approximate surface area is 83.0 Å². The number of hydrogen-bond donors (Lipinski definition) is 0. The molecule has 0 atom stereocenters. The zero-order chi connectivity index (χ0) is 9.97. The maximum Gasteiger partial charge on any atom is 0.113 e. The van der Waals surface area contributed by atoms with Crippen LogP contribution in [-0.2, 0) is 6.54 Å². The molecule has 0 saturated heterocycles. The van der Waals surface area contributed by atoms with Crippen molar-refractivity contribution in [2.45, 2.75) is 20.4 Å². The number of nitrogens with zero attached hydrogens (tertiary/aromatic N) is 3. The molecule has 1 aromatic carbocycles. The fourth-order valence-corrected chi connectivity index (χ4v) is 1.32. The van der Waals surface area contributed by atoms with Gasteiger partial charge >= 0.3 is 0 Å². The molecule has 1 heterocycles. The fraction of sp³-hybridized carbons (Fsp3) is 0.273. The van der Waals surface area contributed by atoms with Crippen molar-refractivity contribution >= 4 is 11.0 Å².